The molecule has 0 aliphatic carbocycles. The molecular formula is C21H20N2O3. The molecule has 0 spiro atoms. The van der Waals surface area contributed by atoms with Crippen LogP contribution < -0.4 is 4.74 Å². The molecule has 26 heavy (non-hydrogen) atoms. The number of benzene rings is 2. The van der Waals surface area contributed by atoms with Crippen LogP contribution in [0.2, 0.25) is 0 Å². The fourth-order valence-corrected chi connectivity index (χ4v) is 3.60. The van der Waals surface area contributed by atoms with Crippen molar-refractivity contribution in [1.29, 1.82) is 0 Å². The van der Waals surface area contributed by atoms with E-state index in [-0.39, 0.29) is 10.6 Å². The van der Waals surface area contributed by atoms with Crippen LogP contribution in [0.1, 0.15) is 30.2 Å². The normalized spacial score (nSPS) is 13.8. The second-order valence-electron chi connectivity index (χ2n) is 6.61. The van der Waals surface area contributed by atoms with Crippen molar-refractivity contribution in [1.82, 2.24) is 4.57 Å². The molecule has 5 heteroatoms. The van der Waals surface area contributed by atoms with Gasteiger partial charge in [0, 0.05) is 41.7 Å². The molecule has 0 saturated heterocycles. The minimum atomic E-state index is -0.333. The number of allylic oxidation sites excluding steroid dienone is 1. The maximum Gasteiger partial charge on any atom is 0.243 e. The van der Waals surface area contributed by atoms with E-state index in [0.29, 0.717) is 6.61 Å². The molecule has 0 N–H and O–H groups in total. The molecule has 2 aromatic carbocycles. The monoisotopic (exact) mass is 348 g/mol. The van der Waals surface area contributed by atoms with E-state index in [1.54, 1.807) is 13.0 Å². The van der Waals surface area contributed by atoms with Crippen molar-refractivity contribution in [2.24, 2.45) is 0 Å². The van der Waals surface area contributed by atoms with Crippen LogP contribution in [0.3, 0.4) is 0 Å². The number of hydrogen-bond donors (Lipinski definition) is 0. The lowest BCUT2D eigenvalue weighted by atomic mass is 10.1. The molecule has 0 bridgehead atoms. The predicted molar refractivity (Wildman–Crippen MR) is 102 cm³/mol. The van der Waals surface area contributed by atoms with Crippen molar-refractivity contribution in [3.05, 3.63) is 81.2 Å². The van der Waals surface area contributed by atoms with Gasteiger partial charge in [0.1, 0.15) is 12.4 Å². The Balaban J connectivity index is 1.73. The first kappa shape index (κ1) is 16.4. The summed E-state index contributed by atoms with van der Waals surface area (Å²) >= 11 is 0. The molecule has 0 radical (unpaired) electrons. The van der Waals surface area contributed by atoms with Gasteiger partial charge in [-0.25, -0.2) is 0 Å². The van der Waals surface area contributed by atoms with E-state index >= 15 is 0 Å². The molecule has 0 atom stereocenters. The van der Waals surface area contributed by atoms with Gasteiger partial charge in [0.15, 0.2) is 0 Å². The smallest absolute Gasteiger partial charge is 0.243 e. The van der Waals surface area contributed by atoms with Gasteiger partial charge in [-0.2, -0.15) is 0 Å². The Morgan fingerprint density at radius 3 is 2.85 bits per heavy atom. The predicted octanol–water partition coefficient (Wildman–Crippen LogP) is 4.80. The second kappa shape index (κ2) is 6.67. The number of hydrogen-bond acceptors (Lipinski definition) is 3. The standard InChI is InChI=1S/C21H20N2O3/c1-15(23(24)25)12-18-19-13-17(26-14-16-6-3-2-4-7-16)9-10-21(19)22-11-5-8-20(18)22/h2-4,6-7,9-10,12-13H,5,8,11,14H2,1H3/b15-12+. The van der Waals surface area contributed by atoms with Gasteiger partial charge in [-0.3, -0.25) is 10.1 Å². The van der Waals surface area contributed by atoms with Gasteiger partial charge in [0.25, 0.3) is 0 Å². The summed E-state index contributed by atoms with van der Waals surface area (Å²) in [4.78, 5) is 10.8. The first-order chi connectivity index (χ1) is 12.6. The first-order valence-electron chi connectivity index (χ1n) is 8.78. The van der Waals surface area contributed by atoms with Crippen molar-refractivity contribution in [2.45, 2.75) is 32.9 Å². The van der Waals surface area contributed by atoms with E-state index in [9.17, 15) is 10.1 Å². The van der Waals surface area contributed by atoms with Crippen LogP contribution >= 0.6 is 0 Å². The highest BCUT2D eigenvalue weighted by Gasteiger charge is 2.21. The number of fused-ring (bicyclic) bond motifs is 3. The molecule has 1 aliphatic rings. The highest BCUT2D eigenvalue weighted by atomic mass is 16.6. The summed E-state index contributed by atoms with van der Waals surface area (Å²) in [5.74, 6) is 0.777. The van der Waals surface area contributed by atoms with Gasteiger partial charge in [-0.1, -0.05) is 30.3 Å². The van der Waals surface area contributed by atoms with Crippen molar-refractivity contribution in [2.75, 3.05) is 0 Å². The average molecular weight is 348 g/mol. The van der Waals surface area contributed by atoms with Crippen LogP contribution in [-0.4, -0.2) is 9.49 Å². The zero-order chi connectivity index (χ0) is 18.1. The highest BCUT2D eigenvalue weighted by Crippen LogP contribution is 2.35. The van der Waals surface area contributed by atoms with E-state index in [0.717, 1.165) is 47.2 Å². The third-order valence-corrected chi connectivity index (χ3v) is 4.87. The van der Waals surface area contributed by atoms with Gasteiger partial charge < -0.3 is 9.30 Å². The lowest BCUT2D eigenvalue weighted by Crippen LogP contribution is -1.95. The van der Waals surface area contributed by atoms with Crippen LogP contribution in [-0.2, 0) is 19.6 Å². The Morgan fingerprint density at radius 1 is 1.27 bits per heavy atom. The maximum atomic E-state index is 11.1. The SMILES string of the molecule is C/C(=C\c1c2n(c3ccc(OCc4ccccc4)cc13)CCC2)[N+](=O)[O-]. The van der Waals surface area contributed by atoms with E-state index in [1.165, 1.54) is 5.69 Å². The summed E-state index contributed by atoms with van der Waals surface area (Å²) in [5, 5.41) is 12.1. The summed E-state index contributed by atoms with van der Waals surface area (Å²) in [5.41, 5.74) is 4.52. The van der Waals surface area contributed by atoms with E-state index in [1.807, 2.05) is 42.5 Å². The molecule has 4 rings (SSSR count). The molecule has 3 aromatic rings. The average Bonchev–Trinajstić information content (AvgIpc) is 3.23. The van der Waals surface area contributed by atoms with Crippen LogP contribution in [0.25, 0.3) is 17.0 Å². The van der Waals surface area contributed by atoms with Crippen LogP contribution in [0.5, 0.6) is 5.75 Å². The van der Waals surface area contributed by atoms with Crippen molar-refractivity contribution >= 4 is 17.0 Å². The summed E-state index contributed by atoms with van der Waals surface area (Å²) in [6.07, 6.45) is 3.72. The number of rotatable bonds is 5. The topological polar surface area (TPSA) is 57.3 Å². The lowest BCUT2D eigenvalue weighted by Gasteiger charge is -2.07. The van der Waals surface area contributed by atoms with Crippen LogP contribution in [0.15, 0.2) is 54.2 Å². The van der Waals surface area contributed by atoms with Crippen LogP contribution in [0.4, 0.5) is 0 Å². The highest BCUT2D eigenvalue weighted by molar-refractivity contribution is 5.92. The van der Waals surface area contributed by atoms with Gasteiger partial charge >= 0.3 is 0 Å². The number of aryl methyl sites for hydroxylation is 1. The van der Waals surface area contributed by atoms with Crippen molar-refractivity contribution in [3.8, 4) is 5.75 Å². The Bertz CT molecular complexity index is 1000. The van der Waals surface area contributed by atoms with Crippen LogP contribution in [0, 0.1) is 10.1 Å². The minimum absolute atomic E-state index is 0.155. The van der Waals surface area contributed by atoms with Gasteiger partial charge in [-0.05, 0) is 36.6 Å². The molecule has 0 amide bonds. The summed E-state index contributed by atoms with van der Waals surface area (Å²) in [7, 11) is 0. The minimum Gasteiger partial charge on any atom is -0.489 e. The Labute approximate surface area is 151 Å². The second-order valence-corrected chi connectivity index (χ2v) is 6.61. The van der Waals surface area contributed by atoms with E-state index in [2.05, 4.69) is 10.6 Å². The molecule has 2 heterocycles. The Kier molecular flexibility index (Phi) is 4.21. The summed E-state index contributed by atoms with van der Waals surface area (Å²) in [6, 6.07) is 16.1. The quantitative estimate of drug-likeness (QED) is 0.491. The van der Waals surface area contributed by atoms with E-state index < -0.39 is 0 Å². The number of ether oxygens (including phenoxy) is 1. The number of nitrogens with zero attached hydrogens (tertiary/aromatic N) is 2. The fourth-order valence-electron chi connectivity index (χ4n) is 3.60. The Hall–Kier alpha value is -3.08. The molecule has 1 aliphatic heterocycles. The first-order valence-corrected chi connectivity index (χ1v) is 8.78. The molecule has 0 unspecified atom stereocenters. The molecule has 132 valence electrons. The van der Waals surface area contributed by atoms with Crippen molar-refractivity contribution < 1.29 is 9.66 Å². The zero-order valence-corrected chi connectivity index (χ0v) is 14.6. The molecule has 1 aromatic heterocycles. The zero-order valence-electron chi connectivity index (χ0n) is 14.6. The maximum absolute atomic E-state index is 11.1. The lowest BCUT2D eigenvalue weighted by molar-refractivity contribution is -0.422. The molecule has 0 fully saturated rings. The third kappa shape index (κ3) is 2.96. The number of aromatic nitrogens is 1. The molecule has 0 saturated carbocycles. The largest absolute Gasteiger partial charge is 0.489 e. The fraction of sp³-hybridized carbons (Fsp3) is 0.238. The number of nitro groups is 1. The molecular weight excluding hydrogens is 328 g/mol. The summed E-state index contributed by atoms with van der Waals surface area (Å²) < 4.78 is 8.22. The Morgan fingerprint density at radius 2 is 2.08 bits per heavy atom. The van der Waals surface area contributed by atoms with Gasteiger partial charge in [0.2, 0.25) is 5.70 Å². The van der Waals surface area contributed by atoms with E-state index in [4.69, 9.17) is 4.74 Å². The van der Waals surface area contributed by atoms with Crippen molar-refractivity contribution in [3.63, 3.8) is 0 Å². The summed E-state index contributed by atoms with van der Waals surface area (Å²) in [6.45, 7) is 3.00. The van der Waals surface area contributed by atoms with Gasteiger partial charge in [0.05, 0.1) is 4.92 Å². The third-order valence-electron chi connectivity index (χ3n) is 4.87. The van der Waals surface area contributed by atoms with Gasteiger partial charge in [-0.15, -0.1) is 0 Å². The molecule has 5 nitrogen and oxygen atoms in total.